The van der Waals surface area contributed by atoms with Crippen LogP contribution >= 0.6 is 23.2 Å². The summed E-state index contributed by atoms with van der Waals surface area (Å²) in [5.74, 6) is 3.20. The Morgan fingerprint density at radius 3 is 1.62 bits per heavy atom. The minimum absolute atomic E-state index is 0.292. The highest BCUT2D eigenvalue weighted by atomic mass is 35.5. The number of benzene rings is 4. The Balaban J connectivity index is 0.000000164. The number of likely N-dealkylation sites (tertiary alicyclic amines) is 2. The zero-order valence-electron chi connectivity index (χ0n) is 30.9. The van der Waals surface area contributed by atoms with Crippen LogP contribution in [-0.4, -0.2) is 61.6 Å². The van der Waals surface area contributed by atoms with Crippen LogP contribution < -0.4 is 9.47 Å². The van der Waals surface area contributed by atoms with Gasteiger partial charge in [0.1, 0.15) is 11.5 Å². The molecule has 0 radical (unpaired) electrons. The van der Waals surface area contributed by atoms with Gasteiger partial charge in [0, 0.05) is 53.5 Å². The Hall–Kier alpha value is -3.51. The lowest BCUT2D eigenvalue weighted by molar-refractivity contribution is -0.143. The van der Waals surface area contributed by atoms with E-state index < -0.39 is 0 Å². The Kier molecular flexibility index (Phi) is 12.7. The van der Waals surface area contributed by atoms with E-state index in [2.05, 4.69) is 21.9 Å². The molecule has 53 heavy (non-hydrogen) atoms. The van der Waals surface area contributed by atoms with Crippen LogP contribution in [0.4, 0.5) is 0 Å². The number of nitrogens with zero attached hydrogens (tertiary/aromatic N) is 2. The zero-order chi connectivity index (χ0) is 36.5. The highest BCUT2D eigenvalue weighted by Crippen LogP contribution is 2.47. The highest BCUT2D eigenvalue weighted by molar-refractivity contribution is 6.30. The fourth-order valence-electron chi connectivity index (χ4n) is 8.88. The van der Waals surface area contributed by atoms with Crippen LogP contribution in [0, 0.1) is 11.8 Å². The maximum Gasteiger partial charge on any atom is 0.233 e. The SMILES string of the molecule is Clc1ccc(C2(CN3CCCC(COc4ccccc4)C3)CCC2)cc1.O=C(N1CCCC(COc2ccccc2)C1)C1(c2ccc(Cl)cc2)CCC1. The van der Waals surface area contributed by atoms with Gasteiger partial charge in [-0.2, -0.15) is 0 Å². The third kappa shape index (κ3) is 9.42. The molecule has 2 heterocycles. The van der Waals surface area contributed by atoms with Gasteiger partial charge in [-0.1, -0.05) is 96.7 Å². The van der Waals surface area contributed by atoms with E-state index in [4.69, 9.17) is 32.7 Å². The first-order chi connectivity index (χ1) is 25.9. The molecule has 1 amide bonds. The predicted molar refractivity (Wildman–Crippen MR) is 216 cm³/mol. The van der Waals surface area contributed by atoms with Gasteiger partial charge in [0.15, 0.2) is 0 Å². The molecule has 0 bridgehead atoms. The Labute approximate surface area is 326 Å². The van der Waals surface area contributed by atoms with Crippen molar-refractivity contribution in [2.45, 2.75) is 75.0 Å². The minimum atomic E-state index is -0.341. The number of ether oxygens (including phenoxy) is 2. The lowest BCUT2D eigenvalue weighted by Gasteiger charge is -2.47. The number of para-hydroxylation sites is 2. The molecule has 8 rings (SSSR count). The van der Waals surface area contributed by atoms with Gasteiger partial charge in [0.05, 0.1) is 18.6 Å². The number of carbonyl (C=O) groups excluding carboxylic acids is 1. The first-order valence-corrected chi connectivity index (χ1v) is 20.6. The Bertz CT molecular complexity index is 1730. The Morgan fingerprint density at radius 2 is 1.11 bits per heavy atom. The molecule has 7 heteroatoms. The van der Waals surface area contributed by atoms with Crippen LogP contribution in [0.2, 0.25) is 10.0 Å². The molecule has 0 aromatic heterocycles. The van der Waals surface area contributed by atoms with Gasteiger partial charge in [-0.3, -0.25) is 4.79 Å². The summed E-state index contributed by atoms with van der Waals surface area (Å²) in [7, 11) is 0. The molecule has 2 atom stereocenters. The van der Waals surface area contributed by atoms with Crippen molar-refractivity contribution in [1.29, 1.82) is 0 Å². The largest absolute Gasteiger partial charge is 0.493 e. The van der Waals surface area contributed by atoms with E-state index in [0.29, 0.717) is 29.8 Å². The van der Waals surface area contributed by atoms with E-state index in [-0.39, 0.29) is 5.41 Å². The van der Waals surface area contributed by atoms with E-state index in [0.717, 1.165) is 85.5 Å². The molecule has 2 aliphatic heterocycles. The zero-order valence-corrected chi connectivity index (χ0v) is 32.5. The Morgan fingerprint density at radius 1 is 0.604 bits per heavy atom. The van der Waals surface area contributed by atoms with Gasteiger partial charge in [0.25, 0.3) is 0 Å². The predicted octanol–water partition coefficient (Wildman–Crippen LogP) is 10.6. The van der Waals surface area contributed by atoms with Crippen molar-refractivity contribution >= 4 is 29.1 Å². The number of hydrogen-bond acceptors (Lipinski definition) is 4. The molecule has 2 saturated carbocycles. The standard InChI is InChI=1S/C23H26ClNO2.C23H28ClNO/c24-20-11-9-19(10-12-20)23(13-5-14-23)22(26)25-15-4-6-18(16-25)17-27-21-7-2-1-3-8-21;24-21-11-9-20(10-12-21)23(13-5-14-23)18-25-15-4-6-19(16-25)17-26-22-7-2-1-3-8-22/h1-3,7-12,18H,4-6,13-17H2;1-3,7-12,19H,4-6,13-18H2. The minimum Gasteiger partial charge on any atom is -0.493 e. The van der Waals surface area contributed by atoms with Gasteiger partial charge in [-0.05, 0) is 118 Å². The fourth-order valence-corrected chi connectivity index (χ4v) is 9.13. The topological polar surface area (TPSA) is 42.0 Å². The van der Waals surface area contributed by atoms with Gasteiger partial charge < -0.3 is 19.3 Å². The second kappa shape index (κ2) is 17.8. The summed E-state index contributed by atoms with van der Waals surface area (Å²) in [6.45, 7) is 6.70. The second-order valence-corrected chi connectivity index (χ2v) is 16.7. The molecular weight excluding hydrogens is 699 g/mol. The quantitative estimate of drug-likeness (QED) is 0.153. The van der Waals surface area contributed by atoms with Gasteiger partial charge in [-0.15, -0.1) is 0 Å². The summed E-state index contributed by atoms with van der Waals surface area (Å²) < 4.78 is 12.0. The van der Waals surface area contributed by atoms with Gasteiger partial charge in [0.2, 0.25) is 5.91 Å². The maximum absolute atomic E-state index is 13.5. The second-order valence-electron chi connectivity index (χ2n) is 15.8. The van der Waals surface area contributed by atoms with Crippen LogP contribution in [0.1, 0.15) is 75.3 Å². The van der Waals surface area contributed by atoms with Gasteiger partial charge in [-0.25, -0.2) is 0 Å². The van der Waals surface area contributed by atoms with Gasteiger partial charge >= 0.3 is 0 Å². The van der Waals surface area contributed by atoms with Crippen LogP contribution in [0.5, 0.6) is 11.5 Å². The molecule has 0 N–H and O–H groups in total. The maximum atomic E-state index is 13.5. The molecule has 280 valence electrons. The number of amides is 1. The smallest absolute Gasteiger partial charge is 0.233 e. The number of piperidine rings is 2. The van der Waals surface area contributed by atoms with Crippen LogP contribution in [0.3, 0.4) is 0 Å². The number of halogens is 2. The molecular formula is C46H54Cl2N2O3. The highest BCUT2D eigenvalue weighted by Gasteiger charge is 2.48. The lowest BCUT2D eigenvalue weighted by Crippen LogP contribution is -2.54. The summed E-state index contributed by atoms with van der Waals surface area (Å²) in [5.41, 5.74) is 2.58. The first-order valence-electron chi connectivity index (χ1n) is 19.8. The van der Waals surface area contributed by atoms with Crippen LogP contribution in [-0.2, 0) is 15.6 Å². The van der Waals surface area contributed by atoms with E-state index in [1.54, 1.807) is 0 Å². The van der Waals surface area contributed by atoms with E-state index in [1.165, 1.54) is 50.8 Å². The average Bonchev–Trinajstić information content (AvgIpc) is 3.17. The van der Waals surface area contributed by atoms with Crippen molar-refractivity contribution in [1.82, 2.24) is 9.80 Å². The summed E-state index contributed by atoms with van der Waals surface area (Å²) in [6, 6.07) is 36.5. The van der Waals surface area contributed by atoms with Crippen LogP contribution in [0.15, 0.2) is 109 Å². The van der Waals surface area contributed by atoms with Crippen molar-refractivity contribution in [3.8, 4) is 11.5 Å². The van der Waals surface area contributed by atoms with Crippen molar-refractivity contribution < 1.29 is 14.3 Å². The molecule has 4 aromatic rings. The molecule has 4 fully saturated rings. The van der Waals surface area contributed by atoms with E-state index in [9.17, 15) is 4.79 Å². The number of carbonyl (C=O) groups is 1. The number of hydrogen-bond donors (Lipinski definition) is 0. The third-order valence-corrected chi connectivity index (χ3v) is 12.7. The summed E-state index contributed by atoms with van der Waals surface area (Å²) in [6.07, 6.45) is 11.7. The van der Waals surface area contributed by atoms with Crippen molar-refractivity contribution in [2.75, 3.05) is 45.9 Å². The van der Waals surface area contributed by atoms with E-state index in [1.807, 2.05) is 97.1 Å². The monoisotopic (exact) mass is 752 g/mol. The summed E-state index contributed by atoms with van der Waals surface area (Å²) >= 11 is 12.1. The lowest BCUT2D eigenvalue weighted by atomic mass is 9.63. The molecule has 5 nitrogen and oxygen atoms in total. The van der Waals surface area contributed by atoms with Crippen molar-refractivity contribution in [3.05, 3.63) is 130 Å². The normalized spacial score (nSPS) is 22.0. The molecule has 0 spiro atoms. The van der Waals surface area contributed by atoms with Crippen LogP contribution in [0.25, 0.3) is 0 Å². The van der Waals surface area contributed by atoms with E-state index >= 15 is 0 Å². The molecule has 2 unspecified atom stereocenters. The average molecular weight is 754 g/mol. The summed E-state index contributed by atoms with van der Waals surface area (Å²) in [4.78, 5) is 18.2. The fraction of sp³-hybridized carbons (Fsp3) is 0.457. The molecule has 2 saturated heterocycles. The van der Waals surface area contributed by atoms with Crippen molar-refractivity contribution in [2.24, 2.45) is 11.8 Å². The molecule has 2 aliphatic carbocycles. The number of rotatable bonds is 11. The molecule has 4 aliphatic rings. The molecule has 4 aromatic carbocycles. The third-order valence-electron chi connectivity index (χ3n) is 12.2. The first kappa shape index (κ1) is 37.8. The summed E-state index contributed by atoms with van der Waals surface area (Å²) in [5, 5.41) is 1.55. The van der Waals surface area contributed by atoms with Crippen molar-refractivity contribution in [3.63, 3.8) is 0 Å².